The van der Waals surface area contributed by atoms with Crippen LogP contribution in [-0.4, -0.2) is 30.1 Å². The zero-order valence-electron chi connectivity index (χ0n) is 9.70. The number of aromatic hydroxyl groups is 1. The van der Waals surface area contributed by atoms with Gasteiger partial charge in [0.2, 0.25) is 0 Å². The summed E-state index contributed by atoms with van der Waals surface area (Å²) in [5.74, 6) is 0.358. The van der Waals surface area contributed by atoms with Crippen LogP contribution in [0.3, 0.4) is 0 Å². The van der Waals surface area contributed by atoms with Gasteiger partial charge in [-0.3, -0.25) is 0 Å². The second kappa shape index (κ2) is 5.14. The number of nitrogens with two attached hydrogens (primary N) is 1. The number of phenols is 1. The van der Waals surface area contributed by atoms with Crippen LogP contribution < -0.4 is 5.73 Å². The molecular weight excluding hydrogens is 188 g/mol. The Balaban J connectivity index is 2.85. The van der Waals surface area contributed by atoms with Gasteiger partial charge in [-0.2, -0.15) is 0 Å². The molecule has 15 heavy (non-hydrogen) atoms. The van der Waals surface area contributed by atoms with E-state index in [1.807, 2.05) is 38.1 Å². The van der Waals surface area contributed by atoms with Crippen molar-refractivity contribution in [1.29, 1.82) is 0 Å². The summed E-state index contributed by atoms with van der Waals surface area (Å²) < 4.78 is 0. The Labute approximate surface area is 91.5 Å². The van der Waals surface area contributed by atoms with Crippen molar-refractivity contribution in [3.63, 3.8) is 0 Å². The number of nitrogens with zero attached hydrogens (tertiary/aromatic N) is 1. The third-order valence-corrected chi connectivity index (χ3v) is 2.19. The fourth-order valence-electron chi connectivity index (χ4n) is 1.60. The van der Waals surface area contributed by atoms with Gasteiger partial charge in [0, 0.05) is 18.2 Å². The molecule has 0 heterocycles. The molecule has 1 rings (SSSR count). The van der Waals surface area contributed by atoms with Crippen molar-refractivity contribution in [2.24, 2.45) is 5.73 Å². The number of hydrogen-bond acceptors (Lipinski definition) is 3. The Kier molecular flexibility index (Phi) is 4.12. The van der Waals surface area contributed by atoms with Gasteiger partial charge in [0.1, 0.15) is 5.75 Å². The topological polar surface area (TPSA) is 49.5 Å². The first-order chi connectivity index (χ1) is 6.99. The molecule has 0 bridgehead atoms. The van der Waals surface area contributed by atoms with Crippen LogP contribution in [-0.2, 0) is 13.0 Å². The zero-order valence-corrected chi connectivity index (χ0v) is 9.70. The second-order valence-electron chi connectivity index (χ2n) is 4.38. The number of hydrogen-bond donors (Lipinski definition) is 2. The first-order valence-corrected chi connectivity index (χ1v) is 5.20. The van der Waals surface area contributed by atoms with E-state index in [0.717, 1.165) is 18.5 Å². The van der Waals surface area contributed by atoms with Crippen LogP contribution in [0.2, 0.25) is 0 Å². The lowest BCUT2D eigenvalue weighted by molar-refractivity contribution is 0.385. The van der Waals surface area contributed by atoms with Crippen LogP contribution in [0.1, 0.15) is 18.1 Å². The van der Waals surface area contributed by atoms with Gasteiger partial charge in [0.15, 0.2) is 0 Å². The molecule has 0 saturated heterocycles. The van der Waals surface area contributed by atoms with E-state index in [1.165, 1.54) is 5.56 Å². The lowest BCUT2D eigenvalue weighted by Crippen LogP contribution is -2.18. The Bertz CT molecular complexity index is 321. The van der Waals surface area contributed by atoms with E-state index in [4.69, 9.17) is 5.73 Å². The molecule has 3 heteroatoms. The summed E-state index contributed by atoms with van der Waals surface area (Å²) in [5.41, 5.74) is 7.88. The lowest BCUT2D eigenvalue weighted by atomic mass is 10.0. The molecule has 0 amide bonds. The second-order valence-corrected chi connectivity index (χ2v) is 4.38. The predicted molar refractivity (Wildman–Crippen MR) is 62.9 cm³/mol. The van der Waals surface area contributed by atoms with Crippen molar-refractivity contribution in [3.8, 4) is 5.75 Å². The van der Waals surface area contributed by atoms with E-state index >= 15 is 0 Å². The van der Waals surface area contributed by atoms with Gasteiger partial charge < -0.3 is 15.7 Å². The zero-order chi connectivity index (χ0) is 11.4. The summed E-state index contributed by atoms with van der Waals surface area (Å²) in [6.07, 6.45) is 0.848. The fourth-order valence-corrected chi connectivity index (χ4v) is 1.60. The van der Waals surface area contributed by atoms with Crippen molar-refractivity contribution in [2.75, 3.05) is 14.1 Å². The molecule has 3 nitrogen and oxygen atoms in total. The van der Waals surface area contributed by atoms with Gasteiger partial charge in [-0.25, -0.2) is 0 Å². The molecule has 3 N–H and O–H groups in total. The molecule has 1 atom stereocenters. The van der Waals surface area contributed by atoms with Gasteiger partial charge in [0.25, 0.3) is 0 Å². The average molecular weight is 208 g/mol. The van der Waals surface area contributed by atoms with Gasteiger partial charge in [-0.05, 0) is 39.1 Å². The standard InChI is InChI=1S/C12H20N2O/c1-9(13)6-10-4-5-12(15)11(7-10)8-14(2)3/h4-5,7,9,15H,6,8,13H2,1-3H3/t9-/m0/s1. The highest BCUT2D eigenvalue weighted by molar-refractivity contribution is 5.36. The highest BCUT2D eigenvalue weighted by atomic mass is 16.3. The number of phenolic OH excluding ortho intramolecular Hbond substituents is 1. The molecule has 0 unspecified atom stereocenters. The number of rotatable bonds is 4. The minimum Gasteiger partial charge on any atom is -0.508 e. The highest BCUT2D eigenvalue weighted by Crippen LogP contribution is 2.20. The summed E-state index contributed by atoms with van der Waals surface area (Å²) in [6, 6.07) is 5.86. The van der Waals surface area contributed by atoms with Crippen molar-refractivity contribution in [2.45, 2.75) is 25.9 Å². The molecular formula is C12H20N2O. The molecule has 0 aliphatic heterocycles. The summed E-state index contributed by atoms with van der Waals surface area (Å²) >= 11 is 0. The molecule has 0 aliphatic carbocycles. The van der Waals surface area contributed by atoms with E-state index in [1.54, 1.807) is 6.07 Å². The average Bonchev–Trinajstić information content (AvgIpc) is 2.09. The minimum absolute atomic E-state index is 0.154. The summed E-state index contributed by atoms with van der Waals surface area (Å²) in [5, 5.41) is 9.66. The van der Waals surface area contributed by atoms with Crippen molar-refractivity contribution in [3.05, 3.63) is 29.3 Å². The van der Waals surface area contributed by atoms with E-state index < -0.39 is 0 Å². The smallest absolute Gasteiger partial charge is 0.120 e. The molecule has 0 aliphatic rings. The van der Waals surface area contributed by atoms with Gasteiger partial charge in [0.05, 0.1) is 0 Å². The third kappa shape index (κ3) is 3.90. The summed E-state index contributed by atoms with van der Waals surface area (Å²) in [6.45, 7) is 2.73. The Hall–Kier alpha value is -1.06. The van der Waals surface area contributed by atoms with Crippen LogP contribution in [0.15, 0.2) is 18.2 Å². The highest BCUT2D eigenvalue weighted by Gasteiger charge is 2.05. The lowest BCUT2D eigenvalue weighted by Gasteiger charge is -2.13. The van der Waals surface area contributed by atoms with E-state index in [2.05, 4.69) is 0 Å². The molecule has 0 spiro atoms. The van der Waals surface area contributed by atoms with E-state index in [9.17, 15) is 5.11 Å². The maximum atomic E-state index is 9.66. The molecule has 0 saturated carbocycles. The van der Waals surface area contributed by atoms with Gasteiger partial charge in [-0.15, -0.1) is 0 Å². The minimum atomic E-state index is 0.154. The van der Waals surface area contributed by atoms with Crippen LogP contribution in [0.5, 0.6) is 5.75 Å². The Morgan fingerprint density at radius 3 is 2.60 bits per heavy atom. The SMILES string of the molecule is C[C@H](N)Cc1ccc(O)c(CN(C)C)c1. The van der Waals surface area contributed by atoms with Crippen molar-refractivity contribution in [1.82, 2.24) is 4.90 Å². The first-order valence-electron chi connectivity index (χ1n) is 5.20. The Morgan fingerprint density at radius 2 is 2.07 bits per heavy atom. The molecule has 0 aromatic heterocycles. The third-order valence-electron chi connectivity index (χ3n) is 2.19. The Morgan fingerprint density at radius 1 is 1.40 bits per heavy atom. The maximum Gasteiger partial charge on any atom is 0.120 e. The van der Waals surface area contributed by atoms with E-state index in [-0.39, 0.29) is 6.04 Å². The first kappa shape index (κ1) is 12.0. The van der Waals surface area contributed by atoms with E-state index in [0.29, 0.717) is 5.75 Å². The summed E-state index contributed by atoms with van der Waals surface area (Å²) in [7, 11) is 3.97. The predicted octanol–water partition coefficient (Wildman–Crippen LogP) is 1.34. The van der Waals surface area contributed by atoms with Crippen LogP contribution in [0, 0.1) is 0 Å². The van der Waals surface area contributed by atoms with Crippen molar-refractivity contribution >= 4 is 0 Å². The number of benzene rings is 1. The maximum absolute atomic E-state index is 9.66. The molecule has 84 valence electrons. The monoisotopic (exact) mass is 208 g/mol. The summed E-state index contributed by atoms with van der Waals surface area (Å²) in [4.78, 5) is 2.03. The van der Waals surface area contributed by atoms with Gasteiger partial charge in [-0.1, -0.05) is 12.1 Å². The molecule has 1 aromatic rings. The van der Waals surface area contributed by atoms with Crippen LogP contribution >= 0.6 is 0 Å². The normalized spacial score (nSPS) is 13.1. The largest absolute Gasteiger partial charge is 0.508 e. The van der Waals surface area contributed by atoms with Crippen molar-refractivity contribution < 1.29 is 5.11 Å². The molecule has 0 radical (unpaired) electrons. The molecule has 1 aromatic carbocycles. The quantitative estimate of drug-likeness (QED) is 0.785. The molecule has 0 fully saturated rings. The van der Waals surface area contributed by atoms with Crippen LogP contribution in [0.4, 0.5) is 0 Å². The van der Waals surface area contributed by atoms with Crippen LogP contribution in [0.25, 0.3) is 0 Å². The fraction of sp³-hybridized carbons (Fsp3) is 0.500. The van der Waals surface area contributed by atoms with Gasteiger partial charge >= 0.3 is 0 Å².